The van der Waals surface area contributed by atoms with Crippen molar-refractivity contribution in [1.82, 2.24) is 10.3 Å². The van der Waals surface area contributed by atoms with Crippen LogP contribution in [0, 0.1) is 0 Å². The number of nitrogens with one attached hydrogen (secondary N) is 1. The average Bonchev–Trinajstić information content (AvgIpc) is 2.56. The normalized spacial score (nSPS) is 18.9. The molecule has 94 valence electrons. The van der Waals surface area contributed by atoms with Crippen LogP contribution >= 0.6 is 27.3 Å². The molecule has 1 amide bonds. The number of fused-ring (bicyclic) bond motifs is 1. The number of halogens is 1. The van der Waals surface area contributed by atoms with Gasteiger partial charge in [-0.1, -0.05) is 0 Å². The summed E-state index contributed by atoms with van der Waals surface area (Å²) in [4.78, 5) is 17.2. The molecule has 0 saturated carbocycles. The van der Waals surface area contributed by atoms with Gasteiger partial charge >= 0.3 is 6.09 Å². The fraction of sp³-hybridized carbons (Fsp3) is 0.636. The molecular formula is C11H15BrN2O2S. The number of nitrogens with zero attached hydrogens (tertiary/aromatic N) is 1. The molecule has 0 aromatic carbocycles. The Morgan fingerprint density at radius 2 is 2.24 bits per heavy atom. The fourth-order valence-corrected chi connectivity index (χ4v) is 3.47. The standard InChI is InChI=1S/C11H15BrN2O2S/c1-11(2,3)16-10(15)13-6-4-7-8(5-6)17-9(12)14-7/h6H,4-5H2,1-3H3,(H,13,15). The van der Waals surface area contributed by atoms with Gasteiger partial charge in [0.2, 0.25) is 0 Å². The number of ether oxygens (including phenoxy) is 1. The number of aromatic nitrogens is 1. The molecular weight excluding hydrogens is 304 g/mol. The number of carbonyl (C=O) groups excluding carboxylic acids is 1. The molecule has 1 aromatic rings. The first-order valence-electron chi connectivity index (χ1n) is 5.47. The number of hydrogen-bond donors (Lipinski definition) is 1. The van der Waals surface area contributed by atoms with E-state index < -0.39 is 5.60 Å². The summed E-state index contributed by atoms with van der Waals surface area (Å²) in [6.07, 6.45) is 1.28. The first-order chi connectivity index (χ1) is 7.83. The van der Waals surface area contributed by atoms with E-state index >= 15 is 0 Å². The number of amides is 1. The van der Waals surface area contributed by atoms with Gasteiger partial charge in [0.05, 0.1) is 5.69 Å². The van der Waals surface area contributed by atoms with Crippen LogP contribution in [0.1, 0.15) is 31.3 Å². The van der Waals surface area contributed by atoms with Gasteiger partial charge in [-0.15, -0.1) is 11.3 Å². The highest BCUT2D eigenvalue weighted by Crippen LogP contribution is 2.30. The van der Waals surface area contributed by atoms with Crippen molar-refractivity contribution in [2.75, 3.05) is 0 Å². The van der Waals surface area contributed by atoms with Gasteiger partial charge in [-0.05, 0) is 36.7 Å². The zero-order chi connectivity index (χ0) is 12.6. The summed E-state index contributed by atoms with van der Waals surface area (Å²) in [6, 6.07) is 0.117. The second kappa shape index (κ2) is 4.57. The maximum atomic E-state index is 11.6. The van der Waals surface area contributed by atoms with Crippen molar-refractivity contribution in [1.29, 1.82) is 0 Å². The molecule has 0 saturated heterocycles. The fourth-order valence-electron chi connectivity index (χ4n) is 1.78. The highest BCUT2D eigenvalue weighted by atomic mass is 79.9. The van der Waals surface area contributed by atoms with Gasteiger partial charge in [0.25, 0.3) is 0 Å². The smallest absolute Gasteiger partial charge is 0.407 e. The molecule has 1 N–H and O–H groups in total. The van der Waals surface area contributed by atoms with E-state index in [4.69, 9.17) is 4.74 Å². The molecule has 0 fully saturated rings. The van der Waals surface area contributed by atoms with Crippen LogP contribution < -0.4 is 5.32 Å². The van der Waals surface area contributed by atoms with E-state index in [-0.39, 0.29) is 12.1 Å². The molecule has 4 nitrogen and oxygen atoms in total. The Kier molecular flexibility index (Phi) is 3.45. The van der Waals surface area contributed by atoms with Crippen molar-refractivity contribution in [2.24, 2.45) is 0 Å². The molecule has 17 heavy (non-hydrogen) atoms. The van der Waals surface area contributed by atoms with Crippen LogP contribution in [-0.4, -0.2) is 22.7 Å². The monoisotopic (exact) mass is 318 g/mol. The second-order valence-corrected chi connectivity index (χ2v) is 7.45. The summed E-state index contributed by atoms with van der Waals surface area (Å²) in [7, 11) is 0. The van der Waals surface area contributed by atoms with Crippen molar-refractivity contribution in [3.63, 3.8) is 0 Å². The van der Waals surface area contributed by atoms with Crippen molar-refractivity contribution in [2.45, 2.75) is 45.3 Å². The van der Waals surface area contributed by atoms with Gasteiger partial charge in [-0.3, -0.25) is 0 Å². The first-order valence-corrected chi connectivity index (χ1v) is 7.08. The van der Waals surface area contributed by atoms with Crippen LogP contribution in [0.15, 0.2) is 3.92 Å². The van der Waals surface area contributed by atoms with Crippen LogP contribution in [0.2, 0.25) is 0 Å². The lowest BCUT2D eigenvalue weighted by molar-refractivity contribution is 0.0506. The molecule has 1 aromatic heterocycles. The van der Waals surface area contributed by atoms with Crippen molar-refractivity contribution in [3.05, 3.63) is 14.5 Å². The van der Waals surface area contributed by atoms with E-state index in [0.29, 0.717) is 0 Å². The summed E-state index contributed by atoms with van der Waals surface area (Å²) in [5.41, 5.74) is 0.636. The van der Waals surface area contributed by atoms with E-state index in [1.54, 1.807) is 11.3 Å². The van der Waals surface area contributed by atoms with E-state index in [1.807, 2.05) is 20.8 Å². The Morgan fingerprint density at radius 1 is 1.53 bits per heavy atom. The lowest BCUT2D eigenvalue weighted by Gasteiger charge is -2.21. The Hall–Kier alpha value is -0.620. The predicted octanol–water partition coefficient (Wildman–Crippen LogP) is 2.90. The molecule has 0 radical (unpaired) electrons. The summed E-state index contributed by atoms with van der Waals surface area (Å²) in [5, 5.41) is 2.88. The Morgan fingerprint density at radius 3 is 2.82 bits per heavy atom. The third-order valence-corrected chi connectivity index (χ3v) is 3.92. The van der Waals surface area contributed by atoms with E-state index in [0.717, 1.165) is 22.5 Å². The molecule has 1 unspecified atom stereocenters. The topological polar surface area (TPSA) is 51.2 Å². The van der Waals surface area contributed by atoms with Gasteiger partial charge in [0.1, 0.15) is 5.60 Å². The zero-order valence-electron chi connectivity index (χ0n) is 10.0. The van der Waals surface area contributed by atoms with E-state index in [2.05, 4.69) is 26.2 Å². The number of rotatable bonds is 1. The molecule has 6 heteroatoms. The lowest BCUT2D eigenvalue weighted by Crippen LogP contribution is -2.39. The highest BCUT2D eigenvalue weighted by Gasteiger charge is 2.28. The van der Waals surface area contributed by atoms with Crippen molar-refractivity contribution >= 4 is 33.4 Å². The minimum atomic E-state index is -0.450. The summed E-state index contributed by atoms with van der Waals surface area (Å²) in [6.45, 7) is 5.57. The molecule has 1 aliphatic rings. The molecule has 0 bridgehead atoms. The second-order valence-electron chi connectivity index (χ2n) is 5.09. The third kappa shape index (κ3) is 3.42. The predicted molar refractivity (Wildman–Crippen MR) is 70.4 cm³/mol. The van der Waals surface area contributed by atoms with Crippen molar-refractivity contribution < 1.29 is 9.53 Å². The maximum absolute atomic E-state index is 11.6. The van der Waals surface area contributed by atoms with Gasteiger partial charge in [-0.25, -0.2) is 9.78 Å². The summed E-state index contributed by atoms with van der Waals surface area (Å²) < 4.78 is 6.14. The Bertz CT molecular complexity index is 416. The SMILES string of the molecule is CC(C)(C)OC(=O)NC1Cc2nc(Br)sc2C1. The number of thiazole rings is 1. The first kappa shape index (κ1) is 12.8. The van der Waals surface area contributed by atoms with Crippen LogP contribution in [0.5, 0.6) is 0 Å². The minimum Gasteiger partial charge on any atom is -0.444 e. The molecule has 0 aliphatic heterocycles. The van der Waals surface area contributed by atoms with Crippen molar-refractivity contribution in [3.8, 4) is 0 Å². The molecule has 1 aliphatic carbocycles. The third-order valence-electron chi connectivity index (χ3n) is 2.34. The van der Waals surface area contributed by atoms with Crippen LogP contribution in [-0.2, 0) is 17.6 Å². The highest BCUT2D eigenvalue weighted by molar-refractivity contribution is 9.11. The Labute approximate surface area is 113 Å². The summed E-state index contributed by atoms with van der Waals surface area (Å²) >= 11 is 5.00. The van der Waals surface area contributed by atoms with Gasteiger partial charge in [0, 0.05) is 23.8 Å². The molecule has 0 spiro atoms. The quantitative estimate of drug-likeness (QED) is 0.866. The lowest BCUT2D eigenvalue weighted by atomic mass is 10.2. The average molecular weight is 319 g/mol. The van der Waals surface area contributed by atoms with E-state index in [1.165, 1.54) is 4.88 Å². The van der Waals surface area contributed by atoms with Gasteiger partial charge in [0.15, 0.2) is 3.92 Å². The zero-order valence-corrected chi connectivity index (χ0v) is 12.4. The van der Waals surface area contributed by atoms with Crippen LogP contribution in [0.25, 0.3) is 0 Å². The molecule has 2 rings (SSSR count). The van der Waals surface area contributed by atoms with Crippen LogP contribution in [0.4, 0.5) is 4.79 Å². The van der Waals surface area contributed by atoms with E-state index in [9.17, 15) is 4.79 Å². The minimum absolute atomic E-state index is 0.117. The maximum Gasteiger partial charge on any atom is 0.407 e. The number of hydrogen-bond acceptors (Lipinski definition) is 4. The largest absolute Gasteiger partial charge is 0.444 e. The number of alkyl carbamates (subject to hydrolysis) is 1. The Balaban J connectivity index is 1.87. The van der Waals surface area contributed by atoms with Gasteiger partial charge < -0.3 is 10.1 Å². The molecule has 1 heterocycles. The molecule has 1 atom stereocenters. The van der Waals surface area contributed by atoms with Gasteiger partial charge in [-0.2, -0.15) is 0 Å². The summed E-state index contributed by atoms with van der Waals surface area (Å²) in [5.74, 6) is 0. The number of carbonyl (C=O) groups is 1. The van der Waals surface area contributed by atoms with Crippen LogP contribution in [0.3, 0.4) is 0 Å².